The zero-order valence-corrected chi connectivity index (χ0v) is 16.2. The predicted octanol–water partition coefficient (Wildman–Crippen LogP) is 5.11. The molecule has 0 spiro atoms. The summed E-state index contributed by atoms with van der Waals surface area (Å²) in [5, 5.41) is 8.15. The molecule has 3 aromatic rings. The van der Waals surface area contributed by atoms with Crippen LogP contribution in [0.4, 0.5) is 5.82 Å². The van der Waals surface area contributed by atoms with Crippen molar-refractivity contribution in [1.82, 2.24) is 9.78 Å². The fraction of sp³-hybridized carbons (Fsp3) is 0.158. The fourth-order valence-electron chi connectivity index (χ4n) is 2.41. The molecule has 1 aromatic heterocycles. The summed E-state index contributed by atoms with van der Waals surface area (Å²) in [6, 6.07) is 17.3. The Morgan fingerprint density at radius 2 is 1.88 bits per heavy atom. The first-order valence-electron chi connectivity index (χ1n) is 7.99. The normalized spacial score (nSPS) is 10.7. The van der Waals surface area contributed by atoms with Gasteiger partial charge in [-0.05, 0) is 17.2 Å². The molecule has 0 bridgehead atoms. The van der Waals surface area contributed by atoms with E-state index < -0.39 is 0 Å². The van der Waals surface area contributed by atoms with E-state index in [1.807, 2.05) is 30.3 Å². The third-order valence-corrected chi connectivity index (χ3v) is 5.54. The Kier molecular flexibility index (Phi) is 6.61. The van der Waals surface area contributed by atoms with Crippen LogP contribution in [0.5, 0.6) is 0 Å². The second kappa shape index (κ2) is 9.12. The summed E-state index contributed by atoms with van der Waals surface area (Å²) in [5.41, 5.74) is 2.04. The van der Waals surface area contributed by atoms with E-state index >= 15 is 0 Å². The third-order valence-electron chi connectivity index (χ3n) is 3.68. The number of hydrogen-bond acceptors (Lipinski definition) is 3. The van der Waals surface area contributed by atoms with Gasteiger partial charge in [0, 0.05) is 11.8 Å². The maximum absolute atomic E-state index is 12.2. The molecule has 0 aliphatic rings. The number of thioether (sulfide) groups is 1. The highest BCUT2D eigenvalue weighted by atomic mass is 35.5. The largest absolute Gasteiger partial charge is 0.310 e. The summed E-state index contributed by atoms with van der Waals surface area (Å²) < 4.78 is 1.69. The monoisotopic (exact) mass is 405 g/mol. The lowest BCUT2D eigenvalue weighted by atomic mass is 10.2. The average molecular weight is 406 g/mol. The van der Waals surface area contributed by atoms with Gasteiger partial charge >= 0.3 is 0 Å². The Balaban J connectivity index is 1.56. The van der Waals surface area contributed by atoms with E-state index in [0.29, 0.717) is 28.2 Å². The SMILES string of the molecule is O=C(CSCc1ccccc1)Nc1ccnn1Cc1cccc(Cl)c1Cl. The van der Waals surface area contributed by atoms with Crippen LogP contribution in [-0.2, 0) is 17.1 Å². The van der Waals surface area contributed by atoms with Crippen LogP contribution in [0, 0.1) is 0 Å². The molecule has 0 aliphatic heterocycles. The van der Waals surface area contributed by atoms with Crippen molar-refractivity contribution in [3.63, 3.8) is 0 Å². The van der Waals surface area contributed by atoms with E-state index in [1.54, 1.807) is 34.8 Å². The first-order valence-corrected chi connectivity index (χ1v) is 9.91. The number of halogens is 2. The minimum Gasteiger partial charge on any atom is -0.310 e. The van der Waals surface area contributed by atoms with Crippen LogP contribution in [-0.4, -0.2) is 21.4 Å². The number of nitrogens with zero attached hydrogens (tertiary/aromatic N) is 2. The summed E-state index contributed by atoms with van der Waals surface area (Å²) in [6.45, 7) is 0.430. The second-order valence-corrected chi connectivity index (χ2v) is 7.38. The lowest BCUT2D eigenvalue weighted by Gasteiger charge is -2.11. The minimum atomic E-state index is -0.0649. The summed E-state index contributed by atoms with van der Waals surface area (Å²) in [7, 11) is 0. The molecule has 1 N–H and O–H groups in total. The molecule has 0 saturated carbocycles. The summed E-state index contributed by atoms with van der Waals surface area (Å²) in [6.07, 6.45) is 1.64. The smallest absolute Gasteiger partial charge is 0.235 e. The zero-order chi connectivity index (χ0) is 18.4. The number of benzene rings is 2. The van der Waals surface area contributed by atoms with Crippen LogP contribution in [0.3, 0.4) is 0 Å². The Labute approximate surface area is 166 Å². The van der Waals surface area contributed by atoms with Crippen LogP contribution >= 0.6 is 35.0 Å². The van der Waals surface area contributed by atoms with Crippen LogP contribution in [0.1, 0.15) is 11.1 Å². The Hall–Kier alpha value is -1.95. The van der Waals surface area contributed by atoms with E-state index in [0.717, 1.165) is 11.3 Å². The molecule has 4 nitrogen and oxygen atoms in total. The predicted molar refractivity (Wildman–Crippen MR) is 109 cm³/mol. The van der Waals surface area contributed by atoms with Gasteiger partial charge in [0.2, 0.25) is 5.91 Å². The molecule has 26 heavy (non-hydrogen) atoms. The van der Waals surface area contributed by atoms with Crippen molar-refractivity contribution >= 4 is 46.7 Å². The highest BCUT2D eigenvalue weighted by Gasteiger charge is 2.11. The lowest BCUT2D eigenvalue weighted by Crippen LogP contribution is -2.18. The molecule has 0 saturated heterocycles. The first kappa shape index (κ1) is 18.8. The third kappa shape index (κ3) is 5.04. The van der Waals surface area contributed by atoms with Gasteiger partial charge in [0.25, 0.3) is 0 Å². The van der Waals surface area contributed by atoms with Crippen molar-refractivity contribution in [3.8, 4) is 0 Å². The van der Waals surface area contributed by atoms with E-state index in [1.165, 1.54) is 5.56 Å². The molecule has 134 valence electrons. The highest BCUT2D eigenvalue weighted by Crippen LogP contribution is 2.26. The van der Waals surface area contributed by atoms with Gasteiger partial charge in [0.1, 0.15) is 5.82 Å². The van der Waals surface area contributed by atoms with Gasteiger partial charge < -0.3 is 5.32 Å². The summed E-state index contributed by atoms with van der Waals surface area (Å²) in [5.74, 6) is 1.74. The highest BCUT2D eigenvalue weighted by molar-refractivity contribution is 7.99. The first-order chi connectivity index (χ1) is 12.6. The van der Waals surface area contributed by atoms with Crippen molar-refractivity contribution < 1.29 is 4.79 Å². The van der Waals surface area contributed by atoms with Gasteiger partial charge in [-0.1, -0.05) is 65.7 Å². The Bertz CT molecular complexity index is 884. The second-order valence-electron chi connectivity index (χ2n) is 5.61. The molecule has 0 fully saturated rings. The van der Waals surface area contributed by atoms with Crippen LogP contribution in [0.15, 0.2) is 60.8 Å². The van der Waals surface area contributed by atoms with Gasteiger partial charge in [0.05, 0.1) is 28.5 Å². The van der Waals surface area contributed by atoms with Crippen molar-refractivity contribution in [2.45, 2.75) is 12.3 Å². The average Bonchev–Trinajstić information content (AvgIpc) is 3.06. The number of carbonyl (C=O) groups is 1. The Morgan fingerprint density at radius 1 is 1.08 bits per heavy atom. The summed E-state index contributed by atoms with van der Waals surface area (Å²) in [4.78, 5) is 12.2. The van der Waals surface area contributed by atoms with E-state index in [9.17, 15) is 4.79 Å². The van der Waals surface area contributed by atoms with Crippen molar-refractivity contribution in [2.75, 3.05) is 11.1 Å². The maximum atomic E-state index is 12.2. The van der Waals surface area contributed by atoms with Gasteiger partial charge in [-0.2, -0.15) is 5.10 Å². The molecule has 2 aromatic carbocycles. The molecule has 0 radical (unpaired) electrons. The molecule has 7 heteroatoms. The topological polar surface area (TPSA) is 46.9 Å². The van der Waals surface area contributed by atoms with E-state index in [2.05, 4.69) is 22.5 Å². The van der Waals surface area contributed by atoms with Crippen LogP contribution in [0.25, 0.3) is 0 Å². The van der Waals surface area contributed by atoms with E-state index in [-0.39, 0.29) is 5.91 Å². The molecule has 0 atom stereocenters. The van der Waals surface area contributed by atoms with Crippen molar-refractivity contribution in [3.05, 3.63) is 82.0 Å². The standard InChI is InChI=1S/C19H17Cl2N3OS/c20-16-8-4-7-15(19(16)21)11-24-17(9-10-22-24)23-18(25)13-26-12-14-5-2-1-3-6-14/h1-10H,11-13H2,(H,23,25). The molecular weight excluding hydrogens is 389 g/mol. The number of rotatable bonds is 7. The number of aromatic nitrogens is 2. The molecule has 3 rings (SSSR count). The molecule has 1 amide bonds. The lowest BCUT2D eigenvalue weighted by molar-refractivity contribution is -0.113. The summed E-state index contributed by atoms with van der Waals surface area (Å²) >= 11 is 13.9. The molecule has 1 heterocycles. The van der Waals surface area contributed by atoms with Gasteiger partial charge in [-0.3, -0.25) is 4.79 Å². The van der Waals surface area contributed by atoms with Crippen LogP contribution < -0.4 is 5.32 Å². The number of amides is 1. The fourth-order valence-corrected chi connectivity index (χ4v) is 3.58. The quantitative estimate of drug-likeness (QED) is 0.593. The number of anilines is 1. The minimum absolute atomic E-state index is 0.0649. The van der Waals surface area contributed by atoms with Crippen LogP contribution in [0.2, 0.25) is 10.0 Å². The van der Waals surface area contributed by atoms with Gasteiger partial charge in [0.15, 0.2) is 0 Å². The Morgan fingerprint density at radius 3 is 2.69 bits per heavy atom. The number of hydrogen-bond donors (Lipinski definition) is 1. The van der Waals surface area contributed by atoms with Crippen molar-refractivity contribution in [2.24, 2.45) is 0 Å². The van der Waals surface area contributed by atoms with Crippen molar-refractivity contribution in [1.29, 1.82) is 0 Å². The van der Waals surface area contributed by atoms with Gasteiger partial charge in [-0.25, -0.2) is 4.68 Å². The molecule has 0 aliphatic carbocycles. The molecular formula is C19H17Cl2N3OS. The molecule has 0 unspecified atom stereocenters. The van der Waals surface area contributed by atoms with Gasteiger partial charge in [-0.15, -0.1) is 11.8 Å². The van der Waals surface area contributed by atoms with E-state index in [4.69, 9.17) is 23.2 Å². The zero-order valence-electron chi connectivity index (χ0n) is 13.9. The number of nitrogens with one attached hydrogen (secondary N) is 1. The number of carbonyl (C=O) groups excluding carboxylic acids is 1. The maximum Gasteiger partial charge on any atom is 0.235 e.